The van der Waals surface area contributed by atoms with Crippen LogP contribution in [0.25, 0.3) is 0 Å². The van der Waals surface area contributed by atoms with E-state index in [1.54, 1.807) is 0 Å². The number of amides is 1. The third-order valence-corrected chi connectivity index (χ3v) is 4.91. The normalized spacial score (nSPS) is 17.6. The molecule has 2 aromatic carbocycles. The van der Waals surface area contributed by atoms with Gasteiger partial charge in [-0.05, 0) is 78.0 Å². The lowest BCUT2D eigenvalue weighted by Crippen LogP contribution is -2.22. The molecule has 0 aliphatic heterocycles. The van der Waals surface area contributed by atoms with Crippen molar-refractivity contribution in [1.29, 1.82) is 0 Å². The van der Waals surface area contributed by atoms with Crippen LogP contribution in [0.3, 0.4) is 0 Å². The van der Waals surface area contributed by atoms with Gasteiger partial charge in [-0.15, -0.1) is 0 Å². The zero-order chi connectivity index (χ0) is 16.1. The molecule has 1 fully saturated rings. The van der Waals surface area contributed by atoms with Gasteiger partial charge in [0.15, 0.2) is 0 Å². The van der Waals surface area contributed by atoms with Gasteiger partial charge in [-0.3, -0.25) is 4.79 Å². The number of hydrogen-bond acceptors (Lipinski definition) is 2. The molecule has 1 aliphatic rings. The lowest BCUT2D eigenvalue weighted by atomic mass is 9.83. The minimum absolute atomic E-state index is 0.138. The summed E-state index contributed by atoms with van der Waals surface area (Å²) in [6.07, 6.45) is 4.10. The second-order valence-corrected chi connectivity index (χ2v) is 7.06. The van der Waals surface area contributed by atoms with E-state index < -0.39 is 0 Å². The predicted octanol–water partition coefficient (Wildman–Crippen LogP) is 4.73. The first-order valence-electron chi connectivity index (χ1n) is 7.88. The van der Waals surface area contributed by atoms with Gasteiger partial charge in [-0.25, -0.2) is 5.43 Å². The molecule has 2 aromatic rings. The van der Waals surface area contributed by atoms with Crippen LogP contribution in [0, 0.1) is 3.57 Å². The van der Waals surface area contributed by atoms with Crippen molar-refractivity contribution in [1.82, 2.24) is 5.43 Å². The Morgan fingerprint density at radius 3 is 2.48 bits per heavy atom. The van der Waals surface area contributed by atoms with Crippen molar-refractivity contribution in [3.8, 4) is 0 Å². The molecule has 0 radical (unpaired) electrons. The molecule has 23 heavy (non-hydrogen) atoms. The first-order valence-corrected chi connectivity index (χ1v) is 8.96. The number of carbonyl (C=O) groups excluding carboxylic acids is 1. The average Bonchev–Trinajstić information content (AvgIpc) is 2.61. The Labute approximate surface area is 150 Å². The number of nitrogens with one attached hydrogen (secondary N) is 1. The molecule has 0 heterocycles. The second kappa shape index (κ2) is 7.73. The fourth-order valence-electron chi connectivity index (χ4n) is 2.95. The lowest BCUT2D eigenvalue weighted by Gasteiger charge is -2.23. The lowest BCUT2D eigenvalue weighted by molar-refractivity contribution is 0.0954. The van der Waals surface area contributed by atoms with Crippen LogP contribution in [0.2, 0.25) is 0 Å². The van der Waals surface area contributed by atoms with Crippen LogP contribution in [-0.2, 0) is 0 Å². The molecule has 0 unspecified atom stereocenters. The molecule has 1 saturated carbocycles. The maximum absolute atomic E-state index is 12.1. The van der Waals surface area contributed by atoms with Gasteiger partial charge in [0.05, 0.1) is 0 Å². The first-order chi connectivity index (χ1) is 11.2. The van der Waals surface area contributed by atoms with Crippen LogP contribution in [0.4, 0.5) is 0 Å². The van der Waals surface area contributed by atoms with E-state index in [2.05, 4.69) is 63.4 Å². The number of nitrogens with zero attached hydrogens (tertiary/aromatic N) is 1. The van der Waals surface area contributed by atoms with Gasteiger partial charge in [-0.2, -0.15) is 5.10 Å². The highest BCUT2D eigenvalue weighted by atomic mass is 127. The fourth-order valence-corrected chi connectivity index (χ4v) is 3.49. The Morgan fingerprint density at radius 2 is 1.78 bits per heavy atom. The minimum Gasteiger partial charge on any atom is -0.267 e. The van der Waals surface area contributed by atoms with Crippen molar-refractivity contribution in [3.05, 3.63) is 69.3 Å². The minimum atomic E-state index is -0.138. The van der Waals surface area contributed by atoms with Gasteiger partial charge in [0.2, 0.25) is 0 Å². The SMILES string of the molecule is O=C(NN=C1CCC(c2ccccc2)CC1)c1cccc(I)c1. The Balaban J connectivity index is 1.55. The van der Waals surface area contributed by atoms with E-state index in [0.29, 0.717) is 11.5 Å². The zero-order valence-electron chi connectivity index (χ0n) is 12.8. The van der Waals surface area contributed by atoms with Crippen molar-refractivity contribution in [2.75, 3.05) is 0 Å². The molecule has 3 nitrogen and oxygen atoms in total. The number of hydrogen-bond donors (Lipinski definition) is 1. The van der Waals surface area contributed by atoms with Gasteiger partial charge in [0.1, 0.15) is 0 Å². The second-order valence-electron chi connectivity index (χ2n) is 5.81. The van der Waals surface area contributed by atoms with Gasteiger partial charge in [0, 0.05) is 14.8 Å². The molecular formula is C19H19IN2O. The molecule has 3 rings (SSSR count). The van der Waals surface area contributed by atoms with E-state index in [9.17, 15) is 4.79 Å². The topological polar surface area (TPSA) is 41.5 Å². The molecule has 1 aliphatic carbocycles. The highest BCUT2D eigenvalue weighted by molar-refractivity contribution is 14.1. The van der Waals surface area contributed by atoms with Gasteiger partial charge in [0.25, 0.3) is 5.91 Å². The molecule has 4 heteroatoms. The zero-order valence-corrected chi connectivity index (χ0v) is 15.0. The molecule has 0 atom stereocenters. The number of halogens is 1. The molecule has 118 valence electrons. The van der Waals surface area contributed by atoms with Crippen LogP contribution < -0.4 is 5.43 Å². The summed E-state index contributed by atoms with van der Waals surface area (Å²) in [4.78, 5) is 12.1. The van der Waals surface area contributed by atoms with Crippen molar-refractivity contribution < 1.29 is 4.79 Å². The Morgan fingerprint density at radius 1 is 1.04 bits per heavy atom. The molecule has 0 spiro atoms. The molecule has 0 saturated heterocycles. The van der Waals surface area contributed by atoms with Crippen LogP contribution in [0.1, 0.15) is 47.5 Å². The molecule has 1 N–H and O–H groups in total. The Kier molecular flexibility index (Phi) is 5.43. The van der Waals surface area contributed by atoms with Crippen LogP contribution in [0.5, 0.6) is 0 Å². The summed E-state index contributed by atoms with van der Waals surface area (Å²) in [6, 6.07) is 18.2. The van der Waals surface area contributed by atoms with E-state index in [-0.39, 0.29) is 5.91 Å². The standard InChI is InChI=1S/C19H19IN2O/c20-17-8-4-7-16(13-17)19(23)22-21-18-11-9-15(10-12-18)14-5-2-1-3-6-14/h1-8,13,15H,9-12H2,(H,22,23). The Bertz CT molecular complexity index is 702. The highest BCUT2D eigenvalue weighted by Crippen LogP contribution is 2.31. The van der Waals surface area contributed by atoms with Crippen molar-refractivity contribution >= 4 is 34.2 Å². The number of rotatable bonds is 3. The summed E-state index contributed by atoms with van der Waals surface area (Å²) in [5.41, 5.74) is 5.85. The predicted molar refractivity (Wildman–Crippen MR) is 102 cm³/mol. The van der Waals surface area contributed by atoms with E-state index in [4.69, 9.17) is 0 Å². The summed E-state index contributed by atoms with van der Waals surface area (Å²) in [7, 11) is 0. The van der Waals surface area contributed by atoms with E-state index in [1.807, 2.05) is 24.3 Å². The quantitative estimate of drug-likeness (QED) is 0.568. The monoisotopic (exact) mass is 418 g/mol. The van der Waals surface area contributed by atoms with E-state index >= 15 is 0 Å². The third kappa shape index (κ3) is 4.41. The summed E-state index contributed by atoms with van der Waals surface area (Å²) in [6.45, 7) is 0. The molecule has 1 amide bonds. The number of hydrazone groups is 1. The Hall–Kier alpha value is -1.69. The first kappa shape index (κ1) is 16.2. The van der Waals surface area contributed by atoms with E-state index in [1.165, 1.54) is 5.56 Å². The maximum atomic E-state index is 12.1. The van der Waals surface area contributed by atoms with Crippen molar-refractivity contribution in [3.63, 3.8) is 0 Å². The number of benzene rings is 2. The summed E-state index contributed by atoms with van der Waals surface area (Å²) < 4.78 is 1.05. The van der Waals surface area contributed by atoms with Crippen molar-refractivity contribution in [2.24, 2.45) is 5.10 Å². The van der Waals surface area contributed by atoms with Crippen LogP contribution in [-0.4, -0.2) is 11.6 Å². The fraction of sp³-hybridized carbons (Fsp3) is 0.263. The molecular weight excluding hydrogens is 399 g/mol. The van der Waals surface area contributed by atoms with Gasteiger partial charge < -0.3 is 0 Å². The summed E-state index contributed by atoms with van der Waals surface area (Å²) in [5.74, 6) is 0.475. The summed E-state index contributed by atoms with van der Waals surface area (Å²) >= 11 is 2.20. The number of carbonyl (C=O) groups is 1. The van der Waals surface area contributed by atoms with Gasteiger partial charge >= 0.3 is 0 Å². The summed E-state index contributed by atoms with van der Waals surface area (Å²) in [5, 5.41) is 4.33. The third-order valence-electron chi connectivity index (χ3n) is 4.24. The van der Waals surface area contributed by atoms with Crippen molar-refractivity contribution in [2.45, 2.75) is 31.6 Å². The van der Waals surface area contributed by atoms with Crippen LogP contribution >= 0.6 is 22.6 Å². The van der Waals surface area contributed by atoms with Gasteiger partial charge in [-0.1, -0.05) is 36.4 Å². The maximum Gasteiger partial charge on any atom is 0.271 e. The largest absolute Gasteiger partial charge is 0.271 e. The smallest absolute Gasteiger partial charge is 0.267 e. The molecule has 0 aromatic heterocycles. The highest BCUT2D eigenvalue weighted by Gasteiger charge is 2.19. The van der Waals surface area contributed by atoms with Crippen LogP contribution in [0.15, 0.2) is 59.7 Å². The van der Waals surface area contributed by atoms with E-state index in [0.717, 1.165) is 35.0 Å². The average molecular weight is 418 g/mol. The molecule has 0 bridgehead atoms.